The van der Waals surface area contributed by atoms with Gasteiger partial charge in [0.15, 0.2) is 0 Å². The van der Waals surface area contributed by atoms with Gasteiger partial charge in [-0.25, -0.2) is 13.6 Å². The van der Waals surface area contributed by atoms with Crippen LogP contribution in [0.3, 0.4) is 0 Å². The maximum atomic E-state index is 13.3. The topological polar surface area (TPSA) is 58.6 Å². The summed E-state index contributed by atoms with van der Waals surface area (Å²) < 4.78 is 31.6. The first-order chi connectivity index (χ1) is 8.06. The van der Waals surface area contributed by atoms with Crippen molar-refractivity contribution in [1.29, 1.82) is 0 Å². The van der Waals surface area contributed by atoms with Gasteiger partial charge in [-0.3, -0.25) is 9.69 Å². The van der Waals surface area contributed by atoms with E-state index in [1.165, 1.54) is 7.05 Å². The molecule has 2 amide bonds. The maximum absolute atomic E-state index is 13.3. The van der Waals surface area contributed by atoms with Crippen LogP contribution < -0.4 is 5.32 Å². The molecule has 1 atom stereocenters. The average molecular weight is 264 g/mol. The Morgan fingerprint density at radius 2 is 1.94 bits per heavy atom. The number of rotatable bonds is 1. The Morgan fingerprint density at radius 3 is 2.39 bits per heavy atom. The molecule has 0 unspecified atom stereocenters. The molecule has 0 aliphatic carbocycles. The summed E-state index contributed by atoms with van der Waals surface area (Å²) in [5.74, 6) is -3.67. The van der Waals surface area contributed by atoms with Crippen LogP contribution in [0.25, 0.3) is 0 Å². The average Bonchev–Trinajstić information content (AvgIpc) is 2.51. The van der Waals surface area contributed by atoms with E-state index in [0.717, 1.165) is 4.90 Å². The number of ether oxygens (including phenoxy) is 1. The lowest BCUT2D eigenvalue weighted by Crippen LogP contribution is -2.46. The largest absolute Gasteiger partial charge is 0.444 e. The van der Waals surface area contributed by atoms with Gasteiger partial charge in [0.1, 0.15) is 11.6 Å². The normalized spacial score (nSPS) is 22.8. The van der Waals surface area contributed by atoms with E-state index < -0.39 is 42.5 Å². The molecule has 5 nitrogen and oxygen atoms in total. The van der Waals surface area contributed by atoms with E-state index >= 15 is 0 Å². The number of nitrogens with one attached hydrogen (secondary N) is 1. The van der Waals surface area contributed by atoms with Crippen molar-refractivity contribution in [3.8, 4) is 0 Å². The van der Waals surface area contributed by atoms with Crippen LogP contribution in [0.2, 0.25) is 0 Å². The Morgan fingerprint density at radius 1 is 1.39 bits per heavy atom. The van der Waals surface area contributed by atoms with Crippen LogP contribution in [-0.2, 0) is 9.53 Å². The second kappa shape index (κ2) is 4.70. The number of nitrogens with zero attached hydrogens (tertiary/aromatic N) is 1. The summed E-state index contributed by atoms with van der Waals surface area (Å²) in [4.78, 5) is 24.0. The van der Waals surface area contributed by atoms with Gasteiger partial charge in [0, 0.05) is 13.5 Å². The molecule has 18 heavy (non-hydrogen) atoms. The Labute approximate surface area is 104 Å². The molecule has 0 aromatic rings. The molecule has 7 heteroatoms. The van der Waals surface area contributed by atoms with Crippen molar-refractivity contribution in [2.45, 2.75) is 44.8 Å². The summed E-state index contributed by atoms with van der Waals surface area (Å²) in [5.41, 5.74) is -0.789. The van der Waals surface area contributed by atoms with Gasteiger partial charge in [-0.05, 0) is 20.8 Å². The first-order valence-corrected chi connectivity index (χ1v) is 5.65. The number of likely N-dealkylation sites (tertiary alicyclic amines) is 1. The van der Waals surface area contributed by atoms with E-state index in [9.17, 15) is 18.4 Å². The molecule has 0 aromatic heterocycles. The molecule has 1 saturated heterocycles. The highest BCUT2D eigenvalue weighted by Gasteiger charge is 2.50. The zero-order valence-corrected chi connectivity index (χ0v) is 10.9. The lowest BCUT2D eigenvalue weighted by Gasteiger charge is -2.27. The minimum Gasteiger partial charge on any atom is -0.444 e. The maximum Gasteiger partial charge on any atom is 0.411 e. The summed E-state index contributed by atoms with van der Waals surface area (Å²) in [6, 6.07) is -1.18. The molecule has 1 N–H and O–H groups in total. The molecule has 0 bridgehead atoms. The number of amides is 2. The summed E-state index contributed by atoms with van der Waals surface area (Å²) in [7, 11) is 1.34. The lowest BCUT2D eigenvalue weighted by atomic mass is 10.2. The minimum absolute atomic E-state index is 0.613. The third kappa shape index (κ3) is 3.54. The monoisotopic (exact) mass is 264 g/mol. The first-order valence-electron chi connectivity index (χ1n) is 5.65. The fourth-order valence-corrected chi connectivity index (χ4v) is 1.73. The van der Waals surface area contributed by atoms with E-state index in [1.807, 2.05) is 0 Å². The molecule has 1 aliphatic rings. The molecule has 1 rings (SSSR count). The van der Waals surface area contributed by atoms with Gasteiger partial charge in [0.25, 0.3) is 5.92 Å². The molecular weight excluding hydrogens is 246 g/mol. The Kier molecular flexibility index (Phi) is 3.83. The van der Waals surface area contributed by atoms with Crippen molar-refractivity contribution in [3.63, 3.8) is 0 Å². The second-order valence-corrected chi connectivity index (χ2v) is 5.30. The Bertz CT molecular complexity index is 353. The predicted molar refractivity (Wildman–Crippen MR) is 60.4 cm³/mol. The zero-order chi connectivity index (χ0) is 14.1. The van der Waals surface area contributed by atoms with E-state index in [2.05, 4.69) is 5.32 Å². The van der Waals surface area contributed by atoms with Crippen LogP contribution in [0.1, 0.15) is 27.2 Å². The van der Waals surface area contributed by atoms with Crippen LogP contribution in [0, 0.1) is 0 Å². The van der Waals surface area contributed by atoms with E-state index in [4.69, 9.17) is 4.74 Å². The van der Waals surface area contributed by atoms with Crippen LogP contribution in [-0.4, -0.2) is 48.1 Å². The van der Waals surface area contributed by atoms with Gasteiger partial charge in [-0.15, -0.1) is 0 Å². The van der Waals surface area contributed by atoms with Crippen molar-refractivity contribution < 1.29 is 23.1 Å². The third-order valence-electron chi connectivity index (χ3n) is 2.45. The Hall–Kier alpha value is -1.40. The Balaban J connectivity index is 2.84. The number of likely N-dealkylation sites (N-methyl/N-ethyl adjacent to an activating group) is 1. The number of hydrogen-bond donors (Lipinski definition) is 1. The molecule has 104 valence electrons. The quantitative estimate of drug-likeness (QED) is 0.778. The van der Waals surface area contributed by atoms with Crippen LogP contribution in [0.15, 0.2) is 0 Å². The second-order valence-electron chi connectivity index (χ2n) is 5.30. The summed E-state index contributed by atoms with van der Waals surface area (Å²) >= 11 is 0. The van der Waals surface area contributed by atoms with E-state index in [0.29, 0.717) is 0 Å². The van der Waals surface area contributed by atoms with Crippen molar-refractivity contribution in [2.75, 3.05) is 13.6 Å². The highest BCUT2D eigenvalue weighted by atomic mass is 19.3. The lowest BCUT2D eigenvalue weighted by molar-refractivity contribution is -0.125. The highest BCUT2D eigenvalue weighted by molar-refractivity contribution is 5.86. The standard InChI is InChI=1S/C11H18F2N2O3/c1-10(2,3)18-9(17)15-6-11(12,13)5-7(15)8(16)14-4/h7H,5-6H2,1-4H3,(H,14,16)/t7-/m0/s1. The molecule has 0 radical (unpaired) electrons. The fourth-order valence-electron chi connectivity index (χ4n) is 1.73. The van der Waals surface area contributed by atoms with Gasteiger partial charge in [-0.2, -0.15) is 0 Å². The van der Waals surface area contributed by atoms with Gasteiger partial charge >= 0.3 is 6.09 Å². The molecule has 1 fully saturated rings. The number of alkyl halides is 2. The van der Waals surface area contributed by atoms with Crippen LogP contribution in [0.5, 0.6) is 0 Å². The van der Waals surface area contributed by atoms with Crippen molar-refractivity contribution in [2.24, 2.45) is 0 Å². The van der Waals surface area contributed by atoms with Gasteiger partial charge < -0.3 is 10.1 Å². The highest BCUT2D eigenvalue weighted by Crippen LogP contribution is 2.33. The van der Waals surface area contributed by atoms with Gasteiger partial charge in [-0.1, -0.05) is 0 Å². The molecule has 0 saturated carbocycles. The van der Waals surface area contributed by atoms with Gasteiger partial charge in [0.2, 0.25) is 5.91 Å². The number of carbonyl (C=O) groups is 2. The van der Waals surface area contributed by atoms with E-state index in [1.54, 1.807) is 20.8 Å². The van der Waals surface area contributed by atoms with Crippen molar-refractivity contribution in [1.82, 2.24) is 10.2 Å². The molecule has 1 heterocycles. The zero-order valence-electron chi connectivity index (χ0n) is 10.9. The van der Waals surface area contributed by atoms with E-state index in [-0.39, 0.29) is 0 Å². The van der Waals surface area contributed by atoms with Gasteiger partial charge in [0.05, 0.1) is 6.54 Å². The number of carbonyl (C=O) groups excluding carboxylic acids is 2. The molecular formula is C11H18F2N2O3. The smallest absolute Gasteiger partial charge is 0.411 e. The van der Waals surface area contributed by atoms with Crippen LogP contribution >= 0.6 is 0 Å². The van der Waals surface area contributed by atoms with Crippen molar-refractivity contribution >= 4 is 12.0 Å². The SMILES string of the molecule is CNC(=O)[C@@H]1CC(F)(F)CN1C(=O)OC(C)(C)C. The summed E-state index contributed by atoms with van der Waals surface area (Å²) in [6.07, 6.45) is -1.57. The molecule has 1 aliphatic heterocycles. The first kappa shape index (κ1) is 14.7. The van der Waals surface area contributed by atoms with Crippen molar-refractivity contribution in [3.05, 3.63) is 0 Å². The summed E-state index contributed by atoms with van der Waals surface area (Å²) in [6.45, 7) is 4.11. The number of halogens is 2. The third-order valence-corrected chi connectivity index (χ3v) is 2.45. The molecule has 0 spiro atoms. The van der Waals surface area contributed by atoms with Crippen LogP contribution in [0.4, 0.5) is 13.6 Å². The number of hydrogen-bond acceptors (Lipinski definition) is 3. The molecule has 0 aromatic carbocycles. The minimum atomic E-state index is -3.06. The predicted octanol–water partition coefficient (Wildman–Crippen LogP) is 1.38. The summed E-state index contributed by atoms with van der Waals surface area (Å²) in [5, 5.41) is 2.27. The fraction of sp³-hybridized carbons (Fsp3) is 0.818.